The lowest BCUT2D eigenvalue weighted by molar-refractivity contribution is 0.286. The Morgan fingerprint density at radius 3 is 3.00 bits per heavy atom. The molecule has 0 radical (unpaired) electrons. The molecule has 0 amide bonds. The fourth-order valence-corrected chi connectivity index (χ4v) is 1.64. The highest BCUT2D eigenvalue weighted by molar-refractivity contribution is 5.74. The maximum Gasteiger partial charge on any atom is 0.275 e. The van der Waals surface area contributed by atoms with Crippen LogP contribution in [0.4, 0.5) is 0 Å². The second kappa shape index (κ2) is 4.09. The SMILES string of the molecule is CC(Cn1ccc2nc[nH]c(=O)c21)N(C)C. The van der Waals surface area contributed by atoms with E-state index in [2.05, 4.69) is 21.8 Å². The molecular weight excluding hydrogens is 204 g/mol. The number of hydrogen-bond donors (Lipinski definition) is 1. The first-order valence-electron chi connectivity index (χ1n) is 5.28. The van der Waals surface area contributed by atoms with Crippen molar-refractivity contribution in [2.24, 2.45) is 0 Å². The van der Waals surface area contributed by atoms with Crippen LogP contribution in [0.1, 0.15) is 6.92 Å². The first-order valence-corrected chi connectivity index (χ1v) is 5.28. The number of H-pyrrole nitrogens is 1. The van der Waals surface area contributed by atoms with Crippen molar-refractivity contribution >= 4 is 11.0 Å². The summed E-state index contributed by atoms with van der Waals surface area (Å²) < 4.78 is 1.95. The lowest BCUT2D eigenvalue weighted by atomic mass is 10.3. The molecule has 0 saturated carbocycles. The molecule has 5 heteroatoms. The maximum absolute atomic E-state index is 11.7. The third-order valence-corrected chi connectivity index (χ3v) is 2.90. The molecule has 16 heavy (non-hydrogen) atoms. The monoisotopic (exact) mass is 220 g/mol. The Bertz CT molecular complexity index is 540. The largest absolute Gasteiger partial charge is 0.340 e. The van der Waals surface area contributed by atoms with Gasteiger partial charge in [-0.25, -0.2) is 4.98 Å². The topological polar surface area (TPSA) is 53.9 Å². The molecule has 0 bridgehead atoms. The molecule has 1 unspecified atom stereocenters. The van der Waals surface area contributed by atoms with Crippen LogP contribution in [0.15, 0.2) is 23.4 Å². The molecule has 0 aliphatic rings. The molecule has 86 valence electrons. The zero-order valence-corrected chi connectivity index (χ0v) is 9.77. The molecule has 1 atom stereocenters. The standard InChI is InChI=1S/C11H16N4O/c1-8(14(2)3)6-15-5-4-9-10(15)11(16)13-7-12-9/h4-5,7-8H,6H2,1-3H3,(H,12,13,16). The van der Waals surface area contributed by atoms with Crippen LogP contribution in [0.5, 0.6) is 0 Å². The first kappa shape index (κ1) is 10.9. The van der Waals surface area contributed by atoms with Gasteiger partial charge in [0.25, 0.3) is 5.56 Å². The molecular formula is C11H16N4O. The van der Waals surface area contributed by atoms with Crippen LogP contribution >= 0.6 is 0 Å². The minimum Gasteiger partial charge on any atom is -0.340 e. The van der Waals surface area contributed by atoms with Gasteiger partial charge in [0.15, 0.2) is 0 Å². The third kappa shape index (κ3) is 1.86. The summed E-state index contributed by atoms with van der Waals surface area (Å²) in [6.07, 6.45) is 3.34. The lowest BCUT2D eigenvalue weighted by Gasteiger charge is -2.20. The Morgan fingerprint density at radius 2 is 2.31 bits per heavy atom. The number of hydrogen-bond acceptors (Lipinski definition) is 3. The highest BCUT2D eigenvalue weighted by Gasteiger charge is 2.10. The summed E-state index contributed by atoms with van der Waals surface area (Å²) >= 11 is 0. The molecule has 0 spiro atoms. The van der Waals surface area contributed by atoms with Crippen LogP contribution in [0, 0.1) is 0 Å². The van der Waals surface area contributed by atoms with Crippen molar-refractivity contribution in [2.75, 3.05) is 14.1 Å². The molecule has 1 N–H and O–H groups in total. The number of rotatable bonds is 3. The highest BCUT2D eigenvalue weighted by Crippen LogP contribution is 2.09. The second-order valence-electron chi connectivity index (χ2n) is 4.25. The molecule has 5 nitrogen and oxygen atoms in total. The van der Waals surface area contributed by atoms with Crippen molar-refractivity contribution in [3.63, 3.8) is 0 Å². The van der Waals surface area contributed by atoms with Gasteiger partial charge < -0.3 is 14.5 Å². The zero-order valence-electron chi connectivity index (χ0n) is 9.77. The summed E-state index contributed by atoms with van der Waals surface area (Å²) in [5.41, 5.74) is 1.31. The fourth-order valence-electron chi connectivity index (χ4n) is 1.64. The summed E-state index contributed by atoms with van der Waals surface area (Å²) in [6, 6.07) is 2.24. The Hall–Kier alpha value is -1.62. The highest BCUT2D eigenvalue weighted by atomic mass is 16.1. The normalized spacial score (nSPS) is 13.5. The van der Waals surface area contributed by atoms with Crippen LogP contribution < -0.4 is 5.56 Å². The zero-order chi connectivity index (χ0) is 11.7. The molecule has 2 rings (SSSR count). The quantitative estimate of drug-likeness (QED) is 0.827. The van der Waals surface area contributed by atoms with Crippen LogP contribution in [0.3, 0.4) is 0 Å². The molecule has 0 aliphatic carbocycles. The Balaban J connectivity index is 2.42. The average molecular weight is 220 g/mol. The Morgan fingerprint density at radius 1 is 1.56 bits per heavy atom. The van der Waals surface area contributed by atoms with Crippen LogP contribution in [-0.4, -0.2) is 39.6 Å². The van der Waals surface area contributed by atoms with E-state index in [1.54, 1.807) is 0 Å². The first-order chi connectivity index (χ1) is 7.59. The summed E-state index contributed by atoms with van der Waals surface area (Å²) in [5.74, 6) is 0. The van der Waals surface area contributed by atoms with Crippen molar-refractivity contribution in [3.8, 4) is 0 Å². The van der Waals surface area contributed by atoms with Gasteiger partial charge in [-0.2, -0.15) is 0 Å². The van der Waals surface area contributed by atoms with E-state index in [1.165, 1.54) is 6.33 Å². The van der Waals surface area contributed by atoms with E-state index in [0.717, 1.165) is 12.1 Å². The molecule has 2 aromatic rings. The predicted octanol–water partition coefficient (Wildman–Crippen LogP) is 0.675. The third-order valence-electron chi connectivity index (χ3n) is 2.90. The van der Waals surface area contributed by atoms with Crippen molar-refractivity contribution < 1.29 is 0 Å². The lowest BCUT2D eigenvalue weighted by Crippen LogP contribution is -2.29. The van der Waals surface area contributed by atoms with Gasteiger partial charge in [-0.05, 0) is 27.1 Å². The van der Waals surface area contributed by atoms with Gasteiger partial charge in [-0.15, -0.1) is 0 Å². The number of likely N-dealkylation sites (N-methyl/N-ethyl adjacent to an activating group) is 1. The van der Waals surface area contributed by atoms with Gasteiger partial charge in [-0.3, -0.25) is 4.79 Å². The van der Waals surface area contributed by atoms with E-state index >= 15 is 0 Å². The van der Waals surface area contributed by atoms with E-state index in [1.807, 2.05) is 30.9 Å². The molecule has 0 fully saturated rings. The molecule has 0 aromatic carbocycles. The minimum atomic E-state index is -0.0824. The summed E-state index contributed by atoms with van der Waals surface area (Å²) in [4.78, 5) is 20.5. The molecule has 2 heterocycles. The second-order valence-corrected chi connectivity index (χ2v) is 4.25. The summed E-state index contributed by atoms with van der Waals surface area (Å²) in [5, 5.41) is 0. The smallest absolute Gasteiger partial charge is 0.275 e. The van der Waals surface area contributed by atoms with E-state index in [-0.39, 0.29) is 5.56 Å². The maximum atomic E-state index is 11.7. The molecule has 0 aliphatic heterocycles. The van der Waals surface area contributed by atoms with E-state index in [9.17, 15) is 4.79 Å². The van der Waals surface area contributed by atoms with Gasteiger partial charge in [0.1, 0.15) is 5.52 Å². The predicted molar refractivity (Wildman–Crippen MR) is 63.5 cm³/mol. The average Bonchev–Trinajstić information content (AvgIpc) is 2.63. The summed E-state index contributed by atoms with van der Waals surface area (Å²) in [6.45, 7) is 2.90. The van der Waals surface area contributed by atoms with Gasteiger partial charge in [0, 0.05) is 18.8 Å². The van der Waals surface area contributed by atoms with Crippen LogP contribution in [-0.2, 0) is 6.54 Å². The summed E-state index contributed by atoms with van der Waals surface area (Å²) in [7, 11) is 4.05. The van der Waals surface area contributed by atoms with Crippen LogP contribution in [0.2, 0.25) is 0 Å². The number of nitrogens with zero attached hydrogens (tertiary/aromatic N) is 3. The number of fused-ring (bicyclic) bond motifs is 1. The Labute approximate surface area is 93.7 Å². The van der Waals surface area contributed by atoms with E-state index < -0.39 is 0 Å². The van der Waals surface area contributed by atoms with Gasteiger partial charge >= 0.3 is 0 Å². The van der Waals surface area contributed by atoms with Crippen molar-refractivity contribution in [2.45, 2.75) is 19.5 Å². The number of nitrogens with one attached hydrogen (secondary N) is 1. The van der Waals surface area contributed by atoms with Crippen LogP contribution in [0.25, 0.3) is 11.0 Å². The molecule has 2 aromatic heterocycles. The Kier molecular flexibility index (Phi) is 2.78. The number of aromatic nitrogens is 3. The fraction of sp³-hybridized carbons (Fsp3) is 0.455. The van der Waals surface area contributed by atoms with Crippen molar-refractivity contribution in [1.29, 1.82) is 0 Å². The van der Waals surface area contributed by atoms with Crippen molar-refractivity contribution in [3.05, 3.63) is 28.9 Å². The van der Waals surface area contributed by atoms with Crippen molar-refractivity contribution in [1.82, 2.24) is 19.4 Å². The minimum absolute atomic E-state index is 0.0824. The van der Waals surface area contributed by atoms with Gasteiger partial charge in [0.2, 0.25) is 0 Å². The number of aromatic amines is 1. The van der Waals surface area contributed by atoms with E-state index in [0.29, 0.717) is 11.6 Å². The molecule has 0 saturated heterocycles. The van der Waals surface area contributed by atoms with Gasteiger partial charge in [0.05, 0.1) is 11.8 Å². The van der Waals surface area contributed by atoms with Gasteiger partial charge in [-0.1, -0.05) is 0 Å². The van der Waals surface area contributed by atoms with E-state index in [4.69, 9.17) is 0 Å².